The van der Waals surface area contributed by atoms with Crippen molar-refractivity contribution in [1.82, 2.24) is 0 Å². The molecule has 1 saturated carbocycles. The van der Waals surface area contributed by atoms with Crippen LogP contribution in [0.15, 0.2) is 12.1 Å². The molecule has 1 aliphatic rings. The molecule has 24 heavy (non-hydrogen) atoms. The molecule has 0 saturated heterocycles. The van der Waals surface area contributed by atoms with Crippen molar-refractivity contribution in [1.29, 1.82) is 0 Å². The quantitative estimate of drug-likeness (QED) is 0.776. The summed E-state index contributed by atoms with van der Waals surface area (Å²) in [5.74, 6) is -1.04. The molecule has 132 valence electrons. The summed E-state index contributed by atoms with van der Waals surface area (Å²) in [5.41, 5.74) is 4.55. The highest BCUT2D eigenvalue weighted by atomic mass is 16.5. The normalized spacial score (nSPS) is 23.8. The fraction of sp³-hybridized carbons (Fsp3) is 0.600. The van der Waals surface area contributed by atoms with E-state index in [2.05, 4.69) is 19.1 Å². The average molecular weight is 332 g/mol. The molecule has 1 aromatic rings. The summed E-state index contributed by atoms with van der Waals surface area (Å²) in [7, 11) is 2.97. The summed E-state index contributed by atoms with van der Waals surface area (Å²) in [5, 5.41) is 0. The van der Waals surface area contributed by atoms with Gasteiger partial charge in [0.2, 0.25) is 0 Å². The Morgan fingerprint density at radius 3 is 2.25 bits per heavy atom. The Kier molecular flexibility index (Phi) is 6.16. The van der Waals surface area contributed by atoms with Crippen molar-refractivity contribution >= 4 is 11.8 Å². The van der Waals surface area contributed by atoms with Crippen LogP contribution in [-0.2, 0) is 25.5 Å². The molecule has 0 aromatic heterocycles. The van der Waals surface area contributed by atoms with Gasteiger partial charge >= 0.3 is 5.97 Å². The van der Waals surface area contributed by atoms with Gasteiger partial charge in [-0.05, 0) is 50.3 Å². The van der Waals surface area contributed by atoms with E-state index in [4.69, 9.17) is 9.47 Å². The minimum absolute atomic E-state index is 0.113. The first-order valence-electron chi connectivity index (χ1n) is 8.59. The van der Waals surface area contributed by atoms with Gasteiger partial charge < -0.3 is 9.47 Å². The van der Waals surface area contributed by atoms with Crippen LogP contribution < -0.4 is 0 Å². The fourth-order valence-corrected chi connectivity index (χ4v) is 4.03. The molecule has 1 aromatic carbocycles. The van der Waals surface area contributed by atoms with Crippen molar-refractivity contribution < 1.29 is 19.1 Å². The van der Waals surface area contributed by atoms with Crippen LogP contribution in [0.4, 0.5) is 0 Å². The van der Waals surface area contributed by atoms with Crippen LogP contribution in [0.5, 0.6) is 0 Å². The van der Waals surface area contributed by atoms with Crippen LogP contribution in [0.1, 0.15) is 41.5 Å². The molecule has 0 N–H and O–H groups in total. The average Bonchev–Trinajstić information content (AvgIpc) is 2.56. The number of hydrogen-bond acceptors (Lipinski definition) is 4. The molecule has 0 radical (unpaired) electrons. The van der Waals surface area contributed by atoms with Crippen LogP contribution in [0.25, 0.3) is 0 Å². The molecular weight excluding hydrogens is 304 g/mol. The molecular formula is C20H28O4. The van der Waals surface area contributed by atoms with Crippen molar-refractivity contribution in [2.75, 3.05) is 14.2 Å². The zero-order valence-corrected chi connectivity index (χ0v) is 15.3. The number of Topliss-reactive ketones (excluding diaryl/α,β-unsaturated/α-hetero) is 1. The molecule has 4 heteroatoms. The molecule has 0 amide bonds. The highest BCUT2D eigenvalue weighted by Crippen LogP contribution is 2.35. The third kappa shape index (κ3) is 3.86. The van der Waals surface area contributed by atoms with E-state index in [-0.39, 0.29) is 23.8 Å². The summed E-state index contributed by atoms with van der Waals surface area (Å²) in [6.07, 6.45) is 2.55. The van der Waals surface area contributed by atoms with Gasteiger partial charge in [-0.3, -0.25) is 9.59 Å². The van der Waals surface area contributed by atoms with E-state index in [9.17, 15) is 9.59 Å². The van der Waals surface area contributed by atoms with E-state index in [0.29, 0.717) is 6.42 Å². The maximum atomic E-state index is 13.0. The third-order valence-electron chi connectivity index (χ3n) is 5.22. The van der Waals surface area contributed by atoms with E-state index in [1.54, 1.807) is 7.11 Å². The number of hydrogen-bond donors (Lipinski definition) is 0. The first kappa shape index (κ1) is 18.7. The number of carbonyl (C=O) groups is 2. The lowest BCUT2D eigenvalue weighted by molar-refractivity contribution is -0.159. The summed E-state index contributed by atoms with van der Waals surface area (Å²) < 4.78 is 10.4. The van der Waals surface area contributed by atoms with Crippen molar-refractivity contribution in [3.8, 4) is 0 Å². The highest BCUT2D eigenvalue weighted by molar-refractivity contribution is 5.89. The van der Waals surface area contributed by atoms with Gasteiger partial charge in [-0.2, -0.15) is 0 Å². The minimum Gasteiger partial charge on any atom is -0.469 e. The Morgan fingerprint density at radius 1 is 1.08 bits per heavy atom. The Morgan fingerprint density at radius 2 is 1.71 bits per heavy atom. The lowest BCUT2D eigenvalue weighted by atomic mass is 9.73. The molecule has 0 bridgehead atoms. The van der Waals surface area contributed by atoms with Crippen molar-refractivity contribution in [2.45, 2.75) is 52.6 Å². The van der Waals surface area contributed by atoms with Gasteiger partial charge in [-0.25, -0.2) is 0 Å². The van der Waals surface area contributed by atoms with E-state index < -0.39 is 5.92 Å². The second-order valence-corrected chi connectivity index (χ2v) is 6.88. The van der Waals surface area contributed by atoms with E-state index in [1.807, 2.05) is 13.8 Å². The summed E-state index contributed by atoms with van der Waals surface area (Å²) in [6, 6.07) is 4.21. The molecule has 1 aliphatic carbocycles. The molecule has 4 nitrogen and oxygen atoms in total. The monoisotopic (exact) mass is 332 g/mol. The number of esters is 1. The minimum atomic E-state index is -0.493. The van der Waals surface area contributed by atoms with E-state index >= 15 is 0 Å². The van der Waals surface area contributed by atoms with Gasteiger partial charge in [-0.15, -0.1) is 0 Å². The smallest absolute Gasteiger partial charge is 0.312 e. The largest absolute Gasteiger partial charge is 0.469 e. The zero-order valence-electron chi connectivity index (χ0n) is 15.3. The molecule has 0 aliphatic heterocycles. The van der Waals surface area contributed by atoms with Crippen LogP contribution >= 0.6 is 0 Å². The molecule has 3 unspecified atom stereocenters. The first-order chi connectivity index (χ1) is 11.4. The van der Waals surface area contributed by atoms with Crippen molar-refractivity contribution in [3.63, 3.8) is 0 Å². The van der Waals surface area contributed by atoms with Gasteiger partial charge in [0.1, 0.15) is 5.78 Å². The predicted molar refractivity (Wildman–Crippen MR) is 93.0 cm³/mol. The maximum Gasteiger partial charge on any atom is 0.312 e. The number of ketones is 1. The molecule has 0 heterocycles. The van der Waals surface area contributed by atoms with Crippen LogP contribution in [0.3, 0.4) is 0 Å². The molecule has 1 fully saturated rings. The molecule has 3 atom stereocenters. The van der Waals surface area contributed by atoms with Gasteiger partial charge in [0.05, 0.1) is 19.1 Å². The lowest BCUT2D eigenvalue weighted by Gasteiger charge is -2.34. The van der Waals surface area contributed by atoms with Crippen LogP contribution in [-0.4, -0.2) is 32.1 Å². The Hall–Kier alpha value is -1.68. The van der Waals surface area contributed by atoms with Gasteiger partial charge in [0.25, 0.3) is 0 Å². The molecule has 0 spiro atoms. The summed E-state index contributed by atoms with van der Waals surface area (Å²) in [4.78, 5) is 25.2. The Balaban J connectivity index is 2.25. The number of methoxy groups -OCH3 is 2. The number of benzene rings is 1. The number of aryl methyl sites for hydroxylation is 3. The zero-order chi connectivity index (χ0) is 17.9. The SMILES string of the molecule is COC(=O)C1C(OC)CCCC1C(=O)Cc1c(C)cc(C)cc1C. The number of ether oxygens (including phenoxy) is 2. The van der Waals surface area contributed by atoms with Gasteiger partial charge in [0.15, 0.2) is 0 Å². The number of carbonyl (C=O) groups excluding carboxylic acids is 2. The van der Waals surface area contributed by atoms with E-state index in [1.165, 1.54) is 12.7 Å². The van der Waals surface area contributed by atoms with Crippen LogP contribution in [0, 0.1) is 32.6 Å². The van der Waals surface area contributed by atoms with Crippen molar-refractivity contribution in [2.24, 2.45) is 11.8 Å². The molecule has 2 rings (SSSR count). The first-order valence-corrected chi connectivity index (χ1v) is 8.59. The van der Waals surface area contributed by atoms with Gasteiger partial charge in [-0.1, -0.05) is 24.1 Å². The standard InChI is InChI=1S/C20H28O4/c1-12-9-13(2)16(14(3)10-12)11-17(21)15-7-6-8-18(23-4)19(15)20(22)24-5/h9-10,15,18-19H,6-8,11H2,1-5H3. The second-order valence-electron chi connectivity index (χ2n) is 6.88. The summed E-state index contributed by atoms with van der Waals surface area (Å²) >= 11 is 0. The third-order valence-corrected chi connectivity index (χ3v) is 5.22. The highest BCUT2D eigenvalue weighted by Gasteiger charge is 2.42. The maximum absolute atomic E-state index is 13.0. The predicted octanol–water partition coefficient (Wildman–Crippen LogP) is 3.33. The second kappa shape index (κ2) is 7.93. The van der Waals surface area contributed by atoms with Crippen molar-refractivity contribution in [3.05, 3.63) is 34.4 Å². The van der Waals surface area contributed by atoms with E-state index in [0.717, 1.165) is 36.0 Å². The summed E-state index contributed by atoms with van der Waals surface area (Å²) in [6.45, 7) is 6.14. The topological polar surface area (TPSA) is 52.6 Å². The van der Waals surface area contributed by atoms with Crippen LogP contribution in [0.2, 0.25) is 0 Å². The number of rotatable bonds is 5. The Labute approximate surface area is 144 Å². The van der Waals surface area contributed by atoms with Gasteiger partial charge in [0, 0.05) is 19.4 Å². The lowest BCUT2D eigenvalue weighted by Crippen LogP contribution is -2.43. The Bertz CT molecular complexity index is 597. The fourth-order valence-electron chi connectivity index (χ4n) is 4.03.